The van der Waals surface area contributed by atoms with Crippen LogP contribution < -0.4 is 8.79 Å². The van der Waals surface area contributed by atoms with E-state index in [0.29, 0.717) is 4.94 Å². The molecule has 0 bridgehead atoms. The van der Waals surface area contributed by atoms with Gasteiger partial charge in [0, 0.05) is 0 Å². The van der Waals surface area contributed by atoms with Gasteiger partial charge >= 0.3 is 100 Å². The van der Waals surface area contributed by atoms with Crippen LogP contribution in [0.2, 0.25) is 0 Å². The van der Waals surface area contributed by atoms with Crippen molar-refractivity contribution in [1.29, 1.82) is 0 Å². The van der Waals surface area contributed by atoms with Gasteiger partial charge in [-0.25, -0.2) is 0 Å². The molecule has 1 atom stereocenters. The summed E-state index contributed by atoms with van der Waals surface area (Å²) < 4.78 is 8.57. The van der Waals surface area contributed by atoms with Crippen molar-refractivity contribution in [3.8, 4) is 0 Å². The summed E-state index contributed by atoms with van der Waals surface area (Å²) in [5.41, 5.74) is 0. The predicted octanol–water partition coefficient (Wildman–Crippen LogP) is 1.23. The van der Waals surface area contributed by atoms with E-state index >= 15 is 0 Å². The zero-order chi connectivity index (χ0) is 10.8. The normalized spacial score (nSPS) is 18.7. The Labute approximate surface area is 100 Å². The zero-order valence-electron chi connectivity index (χ0n) is 8.97. The molecule has 2 heteroatoms. The van der Waals surface area contributed by atoms with Gasteiger partial charge in [0.2, 0.25) is 0 Å². The van der Waals surface area contributed by atoms with Crippen LogP contribution in [0.5, 0.6) is 0 Å². The Kier molecular flexibility index (Phi) is 2.81. The molecule has 0 saturated carbocycles. The number of epoxide rings is 1. The summed E-state index contributed by atoms with van der Waals surface area (Å²) in [6, 6.07) is 21.7. The summed E-state index contributed by atoms with van der Waals surface area (Å²) in [6.07, 6.45) is 0. The van der Waals surface area contributed by atoms with Crippen molar-refractivity contribution >= 4 is 23.1 Å². The molecule has 1 heterocycles. The molecule has 16 heavy (non-hydrogen) atoms. The van der Waals surface area contributed by atoms with Crippen molar-refractivity contribution in [3.05, 3.63) is 60.7 Å². The van der Waals surface area contributed by atoms with E-state index in [2.05, 4.69) is 60.7 Å². The summed E-state index contributed by atoms with van der Waals surface area (Å²) in [6.45, 7) is 0.957. The van der Waals surface area contributed by atoms with Gasteiger partial charge in [-0.15, -0.1) is 0 Å². The molecule has 1 nitrogen and oxygen atoms in total. The average molecular weight is 270 g/mol. The summed E-state index contributed by atoms with van der Waals surface area (Å²) in [4.78, 5) is 0.532. The topological polar surface area (TPSA) is 12.5 Å². The monoisotopic (exact) mass is 271 g/mol. The molecular weight excluding hydrogens is 257 g/mol. The number of hydrogen-bond donors (Lipinski definition) is 0. The molecule has 1 saturated heterocycles. The van der Waals surface area contributed by atoms with Crippen LogP contribution in [-0.2, 0) is 4.74 Å². The predicted molar refractivity (Wildman–Crippen MR) is 67.6 cm³/mol. The average Bonchev–Trinajstić information content (AvgIpc) is 3.17. The Bertz CT molecular complexity index is 411. The summed E-state index contributed by atoms with van der Waals surface area (Å²) in [5, 5.41) is 0. The first-order valence-corrected chi connectivity index (χ1v) is 8.85. The fourth-order valence-corrected chi connectivity index (χ4v) is 7.46. The summed E-state index contributed by atoms with van der Waals surface area (Å²) in [5.74, 6) is 0. The standard InChI is InChI=1S/C14H13GeO/c1-3-7-12(8-4-1)15(14-11-16-14)13-9-5-2-6-10-13/h1-10,14H,11H2. The van der Waals surface area contributed by atoms with E-state index in [1.807, 2.05) is 0 Å². The van der Waals surface area contributed by atoms with Gasteiger partial charge in [0.05, 0.1) is 0 Å². The van der Waals surface area contributed by atoms with Crippen molar-refractivity contribution in [2.24, 2.45) is 0 Å². The molecule has 0 aliphatic carbocycles. The van der Waals surface area contributed by atoms with Gasteiger partial charge in [0.1, 0.15) is 0 Å². The van der Waals surface area contributed by atoms with Crippen LogP contribution in [0.25, 0.3) is 0 Å². The van der Waals surface area contributed by atoms with Crippen molar-refractivity contribution < 1.29 is 4.74 Å². The molecule has 3 rings (SSSR count). The third-order valence-electron chi connectivity index (χ3n) is 2.82. The molecule has 0 N–H and O–H groups in total. The van der Waals surface area contributed by atoms with Gasteiger partial charge in [-0.3, -0.25) is 0 Å². The Morgan fingerprint density at radius 3 is 1.62 bits per heavy atom. The molecule has 0 amide bonds. The molecule has 1 radical (unpaired) electrons. The van der Waals surface area contributed by atoms with E-state index in [1.165, 1.54) is 8.79 Å². The molecule has 2 aromatic rings. The molecule has 2 aromatic carbocycles. The van der Waals surface area contributed by atoms with Gasteiger partial charge in [-0.1, -0.05) is 0 Å². The van der Waals surface area contributed by atoms with Gasteiger partial charge in [-0.2, -0.15) is 0 Å². The van der Waals surface area contributed by atoms with E-state index in [9.17, 15) is 0 Å². The van der Waals surface area contributed by atoms with Gasteiger partial charge in [-0.05, 0) is 0 Å². The van der Waals surface area contributed by atoms with Crippen LogP contribution in [-0.4, -0.2) is 25.9 Å². The number of rotatable bonds is 3. The second-order valence-electron chi connectivity index (χ2n) is 3.97. The number of hydrogen-bond acceptors (Lipinski definition) is 1. The Balaban J connectivity index is 1.99. The maximum absolute atomic E-state index is 5.55. The van der Waals surface area contributed by atoms with Crippen molar-refractivity contribution in [1.82, 2.24) is 0 Å². The fourth-order valence-electron chi connectivity index (χ4n) is 1.99. The molecule has 1 aliphatic heterocycles. The fraction of sp³-hybridized carbons (Fsp3) is 0.143. The molecule has 1 unspecified atom stereocenters. The van der Waals surface area contributed by atoms with Crippen LogP contribution in [0.1, 0.15) is 0 Å². The third kappa shape index (κ3) is 2.06. The van der Waals surface area contributed by atoms with E-state index < -0.39 is 14.3 Å². The molecule has 1 aliphatic rings. The Morgan fingerprint density at radius 2 is 1.25 bits per heavy atom. The van der Waals surface area contributed by atoms with Crippen molar-refractivity contribution in [3.63, 3.8) is 0 Å². The SMILES string of the molecule is c1cc[c]([Ge]([c]2ccccc2)[CH]2CO2)cc1. The maximum atomic E-state index is 5.55. The van der Waals surface area contributed by atoms with Gasteiger partial charge < -0.3 is 0 Å². The minimum absolute atomic E-state index is 0.532. The molecule has 0 aromatic heterocycles. The van der Waals surface area contributed by atoms with E-state index in [-0.39, 0.29) is 0 Å². The first-order chi connectivity index (χ1) is 7.95. The summed E-state index contributed by atoms with van der Waals surface area (Å²) in [7, 11) is 0. The molecule has 0 spiro atoms. The minimum atomic E-state index is -1.44. The van der Waals surface area contributed by atoms with Gasteiger partial charge in [0.15, 0.2) is 0 Å². The van der Waals surface area contributed by atoms with Gasteiger partial charge in [0.25, 0.3) is 0 Å². The van der Waals surface area contributed by atoms with Crippen LogP contribution in [0.3, 0.4) is 0 Å². The quantitative estimate of drug-likeness (QED) is 0.603. The second kappa shape index (κ2) is 4.44. The zero-order valence-corrected chi connectivity index (χ0v) is 11.1. The first-order valence-electron chi connectivity index (χ1n) is 5.54. The van der Waals surface area contributed by atoms with Crippen LogP contribution in [0.4, 0.5) is 0 Å². The Hall–Kier alpha value is -1.06. The second-order valence-corrected chi connectivity index (χ2v) is 9.48. The molecule has 79 valence electrons. The van der Waals surface area contributed by atoms with Crippen molar-refractivity contribution in [2.45, 2.75) is 4.94 Å². The third-order valence-corrected chi connectivity index (χ3v) is 8.88. The molecular formula is C14H13GeO. The van der Waals surface area contributed by atoms with Crippen LogP contribution in [0.15, 0.2) is 60.7 Å². The van der Waals surface area contributed by atoms with E-state index in [4.69, 9.17) is 4.74 Å². The van der Waals surface area contributed by atoms with E-state index in [1.54, 1.807) is 0 Å². The van der Waals surface area contributed by atoms with E-state index in [0.717, 1.165) is 6.61 Å². The Morgan fingerprint density at radius 1 is 0.812 bits per heavy atom. The van der Waals surface area contributed by atoms with Crippen LogP contribution >= 0.6 is 0 Å². The number of benzene rings is 2. The first kappa shape index (κ1) is 10.1. The number of ether oxygens (including phenoxy) is 1. The van der Waals surface area contributed by atoms with Crippen LogP contribution in [0, 0.1) is 0 Å². The molecule has 1 fully saturated rings. The van der Waals surface area contributed by atoms with Crippen molar-refractivity contribution in [2.75, 3.05) is 6.61 Å². The summed E-state index contributed by atoms with van der Waals surface area (Å²) >= 11 is -1.44.